The van der Waals surface area contributed by atoms with Crippen LogP contribution in [0.5, 0.6) is 11.5 Å². The summed E-state index contributed by atoms with van der Waals surface area (Å²) in [7, 11) is 0. The molecule has 0 amide bonds. The van der Waals surface area contributed by atoms with Gasteiger partial charge in [-0.25, -0.2) is 4.79 Å². The molecule has 0 N–H and O–H groups in total. The highest BCUT2D eigenvalue weighted by Crippen LogP contribution is 2.25. The molecule has 0 saturated carbocycles. The van der Waals surface area contributed by atoms with Gasteiger partial charge in [0.2, 0.25) is 0 Å². The number of para-hydroxylation sites is 1. The van der Waals surface area contributed by atoms with E-state index in [1.807, 2.05) is 59.5 Å². The van der Waals surface area contributed by atoms with Gasteiger partial charge in [0.1, 0.15) is 11.5 Å². The number of benzene rings is 2. The fourth-order valence-electron chi connectivity index (χ4n) is 3.30. The number of hydrogen-bond acceptors (Lipinski definition) is 7. The number of esters is 2. The molecular weight excluding hydrogens is 455 g/mol. The predicted molar refractivity (Wildman–Crippen MR) is 115 cm³/mol. The average molecular weight is 481 g/mol. The topological polar surface area (TPSA) is 74.3 Å². The van der Waals surface area contributed by atoms with Gasteiger partial charge in [-0.1, -0.05) is 30.3 Å². The molecule has 1 atom stereocenters. The molecule has 1 fully saturated rings. The van der Waals surface area contributed by atoms with Gasteiger partial charge in [-0.3, -0.25) is 9.69 Å². The first kappa shape index (κ1) is 25.5. The Labute approximate surface area is 195 Å². The molecule has 0 aromatic heterocycles. The molecule has 34 heavy (non-hydrogen) atoms. The number of carbonyl (C=O) groups is 2. The Morgan fingerprint density at radius 3 is 2.26 bits per heavy atom. The maximum atomic E-state index is 12.2. The van der Waals surface area contributed by atoms with Gasteiger partial charge >= 0.3 is 18.1 Å². The summed E-state index contributed by atoms with van der Waals surface area (Å²) in [6.45, 7) is 2.59. The van der Waals surface area contributed by atoms with Crippen molar-refractivity contribution in [1.82, 2.24) is 4.90 Å². The molecule has 2 aromatic rings. The lowest BCUT2D eigenvalue weighted by Gasteiger charge is -2.33. The minimum Gasteiger partial charge on any atom is -0.493 e. The van der Waals surface area contributed by atoms with Crippen LogP contribution < -0.4 is 9.47 Å². The Morgan fingerprint density at radius 2 is 1.62 bits per heavy atom. The molecule has 1 aliphatic rings. The van der Waals surface area contributed by atoms with E-state index in [9.17, 15) is 22.8 Å². The van der Waals surface area contributed by atoms with E-state index >= 15 is 0 Å². The summed E-state index contributed by atoms with van der Waals surface area (Å²) in [6.07, 6.45) is -5.04. The van der Waals surface area contributed by atoms with E-state index in [4.69, 9.17) is 14.2 Å². The minimum absolute atomic E-state index is 0.163. The van der Waals surface area contributed by atoms with Gasteiger partial charge < -0.3 is 18.9 Å². The van der Waals surface area contributed by atoms with Crippen LogP contribution in [0, 0.1) is 0 Å². The molecule has 2 aromatic carbocycles. The van der Waals surface area contributed by atoms with Crippen molar-refractivity contribution in [3.05, 3.63) is 60.2 Å². The molecular formula is C24H26F3NO6. The number of hydrogen-bond donors (Lipinski definition) is 0. The van der Waals surface area contributed by atoms with Gasteiger partial charge in [-0.15, -0.1) is 0 Å². The number of carbonyl (C=O) groups excluding carboxylic acids is 2. The summed E-state index contributed by atoms with van der Waals surface area (Å²) in [5.74, 6) is -2.17. The summed E-state index contributed by atoms with van der Waals surface area (Å²) < 4.78 is 57.5. The molecule has 0 aliphatic carbocycles. The lowest BCUT2D eigenvalue weighted by molar-refractivity contribution is -0.202. The van der Waals surface area contributed by atoms with Crippen LogP contribution in [0.4, 0.5) is 13.2 Å². The van der Waals surface area contributed by atoms with E-state index in [0.29, 0.717) is 38.7 Å². The molecule has 0 bridgehead atoms. The number of halogens is 3. The molecule has 1 saturated heterocycles. The van der Waals surface area contributed by atoms with E-state index in [1.54, 1.807) is 0 Å². The van der Waals surface area contributed by atoms with E-state index in [1.165, 1.54) is 0 Å². The molecule has 1 aliphatic heterocycles. The highest BCUT2D eigenvalue weighted by atomic mass is 19.4. The Hall–Kier alpha value is -3.11. The van der Waals surface area contributed by atoms with Crippen LogP contribution >= 0.6 is 0 Å². The highest BCUT2D eigenvalue weighted by Gasteiger charge is 2.42. The van der Waals surface area contributed by atoms with Crippen LogP contribution in [-0.2, 0) is 19.1 Å². The first-order valence-electron chi connectivity index (χ1n) is 10.9. The second kappa shape index (κ2) is 12.4. The third kappa shape index (κ3) is 8.35. The first-order chi connectivity index (χ1) is 16.3. The Kier molecular flexibility index (Phi) is 9.29. The van der Waals surface area contributed by atoms with Crippen molar-refractivity contribution >= 4 is 11.9 Å². The summed E-state index contributed by atoms with van der Waals surface area (Å²) in [5.41, 5.74) is 0.916. The van der Waals surface area contributed by atoms with E-state index in [2.05, 4.69) is 4.74 Å². The van der Waals surface area contributed by atoms with Crippen LogP contribution in [0.15, 0.2) is 54.6 Å². The van der Waals surface area contributed by atoms with Crippen molar-refractivity contribution in [1.29, 1.82) is 0 Å². The van der Waals surface area contributed by atoms with Crippen LogP contribution in [0.25, 0.3) is 0 Å². The Bertz CT molecular complexity index is 921. The van der Waals surface area contributed by atoms with Crippen molar-refractivity contribution in [3.8, 4) is 11.5 Å². The number of ether oxygens (including phenoxy) is 4. The fourth-order valence-corrected chi connectivity index (χ4v) is 3.30. The first-order valence-corrected chi connectivity index (χ1v) is 10.9. The van der Waals surface area contributed by atoms with Crippen molar-refractivity contribution in [2.24, 2.45) is 0 Å². The van der Waals surface area contributed by atoms with Crippen molar-refractivity contribution in [3.63, 3.8) is 0 Å². The third-order valence-corrected chi connectivity index (χ3v) is 5.04. The smallest absolute Gasteiger partial charge is 0.491 e. The summed E-state index contributed by atoms with van der Waals surface area (Å²) >= 11 is 0. The zero-order valence-corrected chi connectivity index (χ0v) is 18.5. The average Bonchev–Trinajstić information content (AvgIpc) is 2.83. The zero-order valence-electron chi connectivity index (χ0n) is 18.5. The molecule has 184 valence electrons. The van der Waals surface area contributed by atoms with Crippen LogP contribution in [0.1, 0.15) is 24.5 Å². The lowest BCUT2D eigenvalue weighted by Crippen LogP contribution is -2.39. The second-order valence-electron chi connectivity index (χ2n) is 7.60. The van der Waals surface area contributed by atoms with Crippen LogP contribution in [0.2, 0.25) is 0 Å². The monoisotopic (exact) mass is 481 g/mol. The number of morpholine rings is 1. The van der Waals surface area contributed by atoms with Crippen LogP contribution in [0.3, 0.4) is 0 Å². The van der Waals surface area contributed by atoms with Gasteiger partial charge in [0.25, 0.3) is 0 Å². The van der Waals surface area contributed by atoms with Gasteiger partial charge in [-0.05, 0) is 29.8 Å². The van der Waals surface area contributed by atoms with Gasteiger partial charge in [0, 0.05) is 26.1 Å². The van der Waals surface area contributed by atoms with Crippen molar-refractivity contribution < 1.29 is 41.7 Å². The number of alkyl halides is 3. The fraction of sp³-hybridized carbons (Fsp3) is 0.417. The predicted octanol–water partition coefficient (Wildman–Crippen LogP) is 3.93. The van der Waals surface area contributed by atoms with Crippen LogP contribution in [-0.4, -0.2) is 62.5 Å². The summed E-state index contributed by atoms with van der Waals surface area (Å²) in [6, 6.07) is 17.0. The zero-order chi connectivity index (χ0) is 24.4. The molecule has 3 rings (SSSR count). The van der Waals surface area contributed by atoms with Gasteiger partial charge in [0.15, 0.2) is 0 Å². The minimum atomic E-state index is -5.19. The number of rotatable bonds is 10. The summed E-state index contributed by atoms with van der Waals surface area (Å²) in [5, 5.41) is 0. The quantitative estimate of drug-likeness (QED) is 0.289. The highest BCUT2D eigenvalue weighted by molar-refractivity contribution is 5.88. The lowest BCUT2D eigenvalue weighted by atomic mass is 10.1. The van der Waals surface area contributed by atoms with Gasteiger partial charge in [-0.2, -0.15) is 13.2 Å². The SMILES string of the molecule is O=C(CCN1CCOC(c2ccc(OCCCOc3ccccc3)cc2)C1)OC(=O)C(F)(F)F. The maximum Gasteiger partial charge on any atom is 0.491 e. The van der Waals surface area contributed by atoms with Crippen molar-refractivity contribution in [2.45, 2.75) is 25.1 Å². The number of nitrogens with zero attached hydrogens (tertiary/aromatic N) is 1. The van der Waals surface area contributed by atoms with Crippen molar-refractivity contribution in [2.75, 3.05) is 39.5 Å². The third-order valence-electron chi connectivity index (χ3n) is 5.04. The summed E-state index contributed by atoms with van der Waals surface area (Å²) in [4.78, 5) is 24.1. The molecule has 10 heteroatoms. The largest absolute Gasteiger partial charge is 0.493 e. The molecule has 7 nitrogen and oxygen atoms in total. The second-order valence-corrected chi connectivity index (χ2v) is 7.60. The maximum absolute atomic E-state index is 12.2. The Morgan fingerprint density at radius 1 is 0.971 bits per heavy atom. The normalized spacial score (nSPS) is 16.6. The van der Waals surface area contributed by atoms with E-state index in [0.717, 1.165) is 17.7 Å². The van der Waals surface area contributed by atoms with E-state index < -0.39 is 18.1 Å². The molecule has 1 heterocycles. The molecule has 0 spiro atoms. The van der Waals surface area contributed by atoms with Gasteiger partial charge in [0.05, 0.1) is 32.3 Å². The molecule has 1 unspecified atom stereocenters. The van der Waals surface area contributed by atoms with E-state index in [-0.39, 0.29) is 19.1 Å². The Balaban J connectivity index is 1.37. The standard InChI is InChI=1S/C24H26F3NO6/c25-24(26,27)23(30)34-22(29)11-12-28-13-16-33-21(17-28)18-7-9-20(10-8-18)32-15-4-14-31-19-5-2-1-3-6-19/h1-3,5-10,21H,4,11-17H2. The molecule has 0 radical (unpaired) electrons.